The van der Waals surface area contributed by atoms with E-state index in [1.807, 2.05) is 0 Å². The third-order valence-electron chi connectivity index (χ3n) is 5.86. The second kappa shape index (κ2) is 9.24. The van der Waals surface area contributed by atoms with Gasteiger partial charge in [-0.15, -0.1) is 0 Å². The molecule has 2 aliphatic heterocycles. The minimum Gasteiger partial charge on any atom is -0.366 e. The van der Waals surface area contributed by atoms with Crippen molar-refractivity contribution < 1.29 is 8.42 Å². The van der Waals surface area contributed by atoms with E-state index in [4.69, 9.17) is 0 Å². The summed E-state index contributed by atoms with van der Waals surface area (Å²) in [6.07, 6.45) is 7.02. The topological polar surface area (TPSA) is 65.5 Å². The molecule has 0 aliphatic carbocycles. The zero-order valence-corrected chi connectivity index (χ0v) is 17.7. The van der Waals surface area contributed by atoms with Gasteiger partial charge < -0.3 is 5.32 Å². The lowest BCUT2D eigenvalue weighted by Gasteiger charge is -2.25. The van der Waals surface area contributed by atoms with Gasteiger partial charge in [0.15, 0.2) is 0 Å². The van der Waals surface area contributed by atoms with E-state index in [0.717, 1.165) is 25.8 Å². The Morgan fingerprint density at radius 1 is 0.862 bits per heavy atom. The molecule has 2 aromatic rings. The van der Waals surface area contributed by atoms with Crippen LogP contribution in [0.4, 0.5) is 5.82 Å². The van der Waals surface area contributed by atoms with Crippen LogP contribution in [0.5, 0.6) is 0 Å². The first-order chi connectivity index (χ1) is 14.1. The summed E-state index contributed by atoms with van der Waals surface area (Å²) < 4.78 is 27.1. The van der Waals surface area contributed by atoms with Gasteiger partial charge in [0.2, 0.25) is 10.0 Å². The summed E-state index contributed by atoms with van der Waals surface area (Å²) in [4.78, 5) is 7.14. The lowest BCUT2D eigenvalue weighted by molar-refractivity contribution is 0.330. The average molecular weight is 415 g/mol. The fourth-order valence-electron chi connectivity index (χ4n) is 4.14. The molecular weight excluding hydrogens is 384 g/mol. The number of sulfonamides is 1. The van der Waals surface area contributed by atoms with Crippen LogP contribution in [0.3, 0.4) is 0 Å². The first kappa shape index (κ1) is 20.3. The Hall–Kier alpha value is -1.96. The second-order valence-electron chi connectivity index (χ2n) is 7.95. The number of likely N-dealkylation sites (tertiary alicyclic amines) is 1. The monoisotopic (exact) mass is 414 g/mol. The molecule has 3 heterocycles. The van der Waals surface area contributed by atoms with Gasteiger partial charge >= 0.3 is 0 Å². The molecule has 7 heteroatoms. The van der Waals surface area contributed by atoms with Gasteiger partial charge in [0.1, 0.15) is 10.7 Å². The minimum absolute atomic E-state index is 0.277. The Kier molecular flexibility index (Phi) is 6.47. The number of nitrogens with one attached hydrogen (secondary N) is 1. The van der Waals surface area contributed by atoms with Crippen molar-refractivity contribution >= 4 is 15.8 Å². The molecule has 2 aliphatic rings. The summed E-state index contributed by atoms with van der Waals surface area (Å²) in [5.74, 6) is 0.693. The number of hydrogen-bond acceptors (Lipinski definition) is 5. The molecule has 0 bridgehead atoms. The van der Waals surface area contributed by atoms with E-state index in [-0.39, 0.29) is 4.90 Å². The maximum absolute atomic E-state index is 12.7. The standard InChI is InChI=1S/C22H30N4O2S/c27-29(28,26-14-4-1-5-15-26)21-10-11-22(24-17-21)23-16-19-8-2-3-9-20(19)18-25-12-6-7-13-25/h2-3,8-11,17H,1,4-7,12-16,18H2,(H,23,24). The predicted molar refractivity (Wildman–Crippen MR) is 115 cm³/mol. The van der Waals surface area contributed by atoms with E-state index in [0.29, 0.717) is 25.5 Å². The van der Waals surface area contributed by atoms with Crippen LogP contribution in [0.15, 0.2) is 47.5 Å². The second-order valence-corrected chi connectivity index (χ2v) is 9.89. The molecule has 0 amide bonds. The smallest absolute Gasteiger partial charge is 0.244 e. The molecule has 6 nitrogen and oxygen atoms in total. The largest absolute Gasteiger partial charge is 0.366 e. The maximum Gasteiger partial charge on any atom is 0.244 e. The summed E-state index contributed by atoms with van der Waals surface area (Å²) in [5.41, 5.74) is 2.59. The maximum atomic E-state index is 12.7. The highest BCUT2D eigenvalue weighted by Crippen LogP contribution is 2.21. The number of aromatic nitrogens is 1. The van der Waals surface area contributed by atoms with Crippen LogP contribution >= 0.6 is 0 Å². The molecule has 1 aromatic heterocycles. The highest BCUT2D eigenvalue weighted by Gasteiger charge is 2.26. The predicted octanol–water partition coefficient (Wildman–Crippen LogP) is 3.46. The van der Waals surface area contributed by atoms with Crippen LogP contribution in [0, 0.1) is 0 Å². The Labute approximate surface area is 174 Å². The normalized spacial score (nSPS) is 18.8. The highest BCUT2D eigenvalue weighted by molar-refractivity contribution is 7.89. The first-order valence-electron chi connectivity index (χ1n) is 10.6. The van der Waals surface area contributed by atoms with Gasteiger partial charge in [-0.25, -0.2) is 13.4 Å². The lowest BCUT2D eigenvalue weighted by Crippen LogP contribution is -2.35. The SMILES string of the molecule is O=S(=O)(c1ccc(NCc2ccccc2CN2CCCC2)nc1)N1CCCCC1. The molecule has 2 fully saturated rings. The van der Waals surface area contributed by atoms with E-state index in [1.54, 1.807) is 16.4 Å². The van der Waals surface area contributed by atoms with Crippen molar-refractivity contribution in [2.45, 2.75) is 50.1 Å². The molecule has 0 atom stereocenters. The fraction of sp³-hybridized carbons (Fsp3) is 0.500. The summed E-state index contributed by atoms with van der Waals surface area (Å²) in [6, 6.07) is 11.9. The average Bonchev–Trinajstić information content (AvgIpc) is 3.27. The van der Waals surface area contributed by atoms with Gasteiger partial charge in [0, 0.05) is 32.4 Å². The number of anilines is 1. The zero-order chi connectivity index (χ0) is 20.1. The summed E-state index contributed by atoms with van der Waals surface area (Å²) >= 11 is 0. The zero-order valence-electron chi connectivity index (χ0n) is 16.9. The molecule has 156 valence electrons. The third kappa shape index (κ3) is 4.97. The van der Waals surface area contributed by atoms with Gasteiger partial charge in [0.05, 0.1) is 0 Å². The fourth-order valence-corrected chi connectivity index (χ4v) is 5.61. The van der Waals surface area contributed by atoms with Crippen molar-refractivity contribution in [2.75, 3.05) is 31.5 Å². The van der Waals surface area contributed by atoms with Gasteiger partial charge in [-0.1, -0.05) is 30.7 Å². The summed E-state index contributed by atoms with van der Waals surface area (Å²) in [6.45, 7) is 5.23. The van der Waals surface area contributed by atoms with Crippen LogP contribution < -0.4 is 5.32 Å². The molecule has 0 radical (unpaired) electrons. The van der Waals surface area contributed by atoms with E-state index in [9.17, 15) is 8.42 Å². The first-order valence-corrected chi connectivity index (χ1v) is 12.1. The third-order valence-corrected chi connectivity index (χ3v) is 7.74. The Morgan fingerprint density at radius 2 is 1.55 bits per heavy atom. The molecule has 2 saturated heterocycles. The van der Waals surface area contributed by atoms with Crippen LogP contribution in [-0.2, 0) is 23.1 Å². The minimum atomic E-state index is -3.43. The number of hydrogen-bond donors (Lipinski definition) is 1. The number of piperidine rings is 1. The van der Waals surface area contributed by atoms with Crippen LogP contribution in [0.25, 0.3) is 0 Å². The van der Waals surface area contributed by atoms with Crippen LogP contribution in [0.2, 0.25) is 0 Å². The van der Waals surface area contributed by atoms with Crippen molar-refractivity contribution in [3.05, 3.63) is 53.7 Å². The summed E-state index contributed by atoms with van der Waals surface area (Å²) in [5, 5.41) is 3.35. The van der Waals surface area contributed by atoms with Gasteiger partial charge in [-0.3, -0.25) is 4.90 Å². The molecule has 1 N–H and O–H groups in total. The van der Waals surface area contributed by atoms with Crippen molar-refractivity contribution in [3.63, 3.8) is 0 Å². The molecular formula is C22H30N4O2S. The van der Waals surface area contributed by atoms with Crippen molar-refractivity contribution in [3.8, 4) is 0 Å². The van der Waals surface area contributed by atoms with E-state index >= 15 is 0 Å². The molecule has 0 unspecified atom stereocenters. The molecule has 0 saturated carbocycles. The summed E-state index contributed by atoms with van der Waals surface area (Å²) in [7, 11) is -3.43. The van der Waals surface area contributed by atoms with Crippen molar-refractivity contribution in [1.29, 1.82) is 0 Å². The molecule has 0 spiro atoms. The Balaban J connectivity index is 1.39. The highest BCUT2D eigenvalue weighted by atomic mass is 32.2. The van der Waals surface area contributed by atoms with Crippen LogP contribution in [-0.4, -0.2) is 48.8 Å². The number of rotatable bonds is 7. The van der Waals surface area contributed by atoms with E-state index in [1.165, 1.54) is 43.3 Å². The number of pyridine rings is 1. The van der Waals surface area contributed by atoms with Gasteiger partial charge in [-0.05, 0) is 62.0 Å². The molecule has 1 aromatic carbocycles. The number of benzene rings is 1. The van der Waals surface area contributed by atoms with Gasteiger partial charge in [0.25, 0.3) is 0 Å². The van der Waals surface area contributed by atoms with Crippen molar-refractivity contribution in [2.24, 2.45) is 0 Å². The molecule has 4 rings (SSSR count). The Morgan fingerprint density at radius 3 is 2.24 bits per heavy atom. The lowest BCUT2D eigenvalue weighted by atomic mass is 10.1. The molecule has 29 heavy (non-hydrogen) atoms. The van der Waals surface area contributed by atoms with E-state index < -0.39 is 10.0 Å². The quantitative estimate of drug-likeness (QED) is 0.752. The Bertz CT molecular complexity index is 903. The van der Waals surface area contributed by atoms with Crippen molar-refractivity contribution in [1.82, 2.24) is 14.2 Å². The van der Waals surface area contributed by atoms with Gasteiger partial charge in [-0.2, -0.15) is 4.31 Å². The van der Waals surface area contributed by atoms with E-state index in [2.05, 4.69) is 39.5 Å². The number of nitrogens with zero attached hydrogens (tertiary/aromatic N) is 3. The van der Waals surface area contributed by atoms with Crippen LogP contribution in [0.1, 0.15) is 43.2 Å².